The number of nitrogens with zero attached hydrogens (tertiary/aromatic N) is 2. The smallest absolute Gasteiger partial charge is 0.248 e. The van der Waals surface area contributed by atoms with Crippen LogP contribution in [0.4, 0.5) is 8.78 Å². The Morgan fingerprint density at radius 3 is 2.79 bits per heavy atom. The van der Waals surface area contributed by atoms with E-state index in [0.29, 0.717) is 19.4 Å². The zero-order valence-electron chi connectivity index (χ0n) is 13.8. The Balaban J connectivity index is 1.43. The van der Waals surface area contributed by atoms with Gasteiger partial charge in [0.15, 0.2) is 5.82 Å². The number of hydrogen-bond donors (Lipinski definition) is 3. The Bertz CT molecular complexity index is 584. The van der Waals surface area contributed by atoms with Crippen LogP contribution in [0.2, 0.25) is 0 Å². The molecule has 3 N–H and O–H groups in total. The largest absolute Gasteiger partial charge is 0.393 e. The first-order valence-electron chi connectivity index (χ1n) is 8.60. The molecule has 1 aromatic heterocycles. The van der Waals surface area contributed by atoms with Gasteiger partial charge in [0.25, 0.3) is 0 Å². The zero-order chi connectivity index (χ0) is 17.3. The SMILES string of the molecule is CCc1nc([C@H]2C[C@H](CNC(=O)CC3CC(F)(F)C3)[C@H](O)C2)n[nH]1. The van der Waals surface area contributed by atoms with Gasteiger partial charge in [-0.1, -0.05) is 6.92 Å². The topological polar surface area (TPSA) is 90.9 Å². The summed E-state index contributed by atoms with van der Waals surface area (Å²) in [6.45, 7) is 2.36. The summed E-state index contributed by atoms with van der Waals surface area (Å²) in [6, 6.07) is 0. The summed E-state index contributed by atoms with van der Waals surface area (Å²) in [4.78, 5) is 16.3. The third-order valence-electron chi connectivity index (χ3n) is 5.12. The summed E-state index contributed by atoms with van der Waals surface area (Å²) in [5.74, 6) is -1.44. The number of rotatable bonds is 6. The van der Waals surface area contributed by atoms with Gasteiger partial charge in [0.05, 0.1) is 6.10 Å². The zero-order valence-corrected chi connectivity index (χ0v) is 13.8. The number of halogens is 2. The molecule has 3 atom stereocenters. The summed E-state index contributed by atoms with van der Waals surface area (Å²) < 4.78 is 25.5. The molecule has 24 heavy (non-hydrogen) atoms. The summed E-state index contributed by atoms with van der Waals surface area (Å²) >= 11 is 0. The van der Waals surface area contributed by atoms with Gasteiger partial charge in [-0.2, -0.15) is 5.10 Å². The molecule has 3 rings (SSSR count). The molecule has 2 fully saturated rings. The lowest BCUT2D eigenvalue weighted by atomic mass is 9.79. The van der Waals surface area contributed by atoms with Crippen LogP contribution >= 0.6 is 0 Å². The molecule has 2 aliphatic rings. The van der Waals surface area contributed by atoms with Crippen molar-refractivity contribution < 1.29 is 18.7 Å². The fourth-order valence-corrected chi connectivity index (χ4v) is 3.69. The highest BCUT2D eigenvalue weighted by Crippen LogP contribution is 2.44. The lowest BCUT2D eigenvalue weighted by Gasteiger charge is -2.34. The van der Waals surface area contributed by atoms with E-state index in [1.54, 1.807) is 0 Å². The van der Waals surface area contributed by atoms with Crippen molar-refractivity contribution in [3.8, 4) is 0 Å². The van der Waals surface area contributed by atoms with E-state index in [0.717, 1.165) is 18.1 Å². The molecule has 2 aliphatic carbocycles. The first-order chi connectivity index (χ1) is 11.4. The molecule has 0 saturated heterocycles. The molecule has 1 amide bonds. The Labute approximate surface area is 139 Å². The van der Waals surface area contributed by atoms with Crippen molar-refractivity contribution in [2.24, 2.45) is 11.8 Å². The number of H-pyrrole nitrogens is 1. The summed E-state index contributed by atoms with van der Waals surface area (Å²) in [5.41, 5.74) is 0. The molecule has 0 bridgehead atoms. The van der Waals surface area contributed by atoms with E-state index in [4.69, 9.17) is 0 Å². The highest BCUT2D eigenvalue weighted by atomic mass is 19.3. The maximum absolute atomic E-state index is 12.8. The Kier molecular flexibility index (Phi) is 4.85. The molecule has 134 valence electrons. The van der Waals surface area contributed by atoms with Crippen LogP contribution in [0.3, 0.4) is 0 Å². The number of aliphatic hydroxyl groups is 1. The molecule has 1 aromatic rings. The number of carbonyl (C=O) groups excluding carboxylic acids is 1. The second kappa shape index (κ2) is 6.74. The lowest BCUT2D eigenvalue weighted by Crippen LogP contribution is -2.40. The van der Waals surface area contributed by atoms with E-state index < -0.39 is 12.0 Å². The Hall–Kier alpha value is -1.57. The van der Waals surface area contributed by atoms with Crippen LogP contribution in [0.1, 0.15) is 56.6 Å². The van der Waals surface area contributed by atoms with Crippen molar-refractivity contribution in [3.63, 3.8) is 0 Å². The first kappa shape index (κ1) is 17.3. The van der Waals surface area contributed by atoms with Crippen LogP contribution in [0, 0.1) is 11.8 Å². The van der Waals surface area contributed by atoms with Gasteiger partial charge in [0, 0.05) is 44.1 Å². The minimum absolute atomic E-state index is 0.0506. The molecule has 0 spiro atoms. The van der Waals surface area contributed by atoms with E-state index in [-0.39, 0.29) is 42.9 Å². The third-order valence-corrected chi connectivity index (χ3v) is 5.12. The maximum Gasteiger partial charge on any atom is 0.248 e. The van der Waals surface area contributed by atoms with Gasteiger partial charge in [0.1, 0.15) is 5.82 Å². The summed E-state index contributed by atoms with van der Waals surface area (Å²) in [6.07, 6.45) is 1.32. The van der Waals surface area contributed by atoms with E-state index in [1.165, 1.54) is 0 Å². The fraction of sp³-hybridized carbons (Fsp3) is 0.812. The predicted molar refractivity (Wildman–Crippen MR) is 82.5 cm³/mol. The van der Waals surface area contributed by atoms with Gasteiger partial charge in [-0.3, -0.25) is 9.89 Å². The lowest BCUT2D eigenvalue weighted by molar-refractivity contribution is -0.133. The normalized spacial score (nSPS) is 29.4. The third kappa shape index (κ3) is 3.91. The van der Waals surface area contributed by atoms with E-state index in [1.807, 2.05) is 6.92 Å². The molecule has 2 saturated carbocycles. The monoisotopic (exact) mass is 342 g/mol. The van der Waals surface area contributed by atoms with Gasteiger partial charge in [-0.05, 0) is 18.8 Å². The van der Waals surface area contributed by atoms with Crippen LogP contribution in [0.5, 0.6) is 0 Å². The number of aryl methyl sites for hydroxylation is 1. The van der Waals surface area contributed by atoms with Crippen molar-refractivity contribution in [1.82, 2.24) is 20.5 Å². The number of carbonyl (C=O) groups is 1. The van der Waals surface area contributed by atoms with E-state index in [2.05, 4.69) is 20.5 Å². The van der Waals surface area contributed by atoms with Crippen LogP contribution in [0.25, 0.3) is 0 Å². The van der Waals surface area contributed by atoms with Gasteiger partial charge in [-0.15, -0.1) is 0 Å². The number of amides is 1. The van der Waals surface area contributed by atoms with Crippen LogP contribution in [0.15, 0.2) is 0 Å². The van der Waals surface area contributed by atoms with Gasteiger partial charge in [-0.25, -0.2) is 13.8 Å². The number of aromatic nitrogens is 3. The van der Waals surface area contributed by atoms with Crippen LogP contribution in [-0.4, -0.2) is 44.8 Å². The summed E-state index contributed by atoms with van der Waals surface area (Å²) in [7, 11) is 0. The number of hydrogen-bond acceptors (Lipinski definition) is 4. The highest BCUT2D eigenvalue weighted by Gasteiger charge is 2.45. The van der Waals surface area contributed by atoms with E-state index >= 15 is 0 Å². The molecule has 8 heteroatoms. The second-order valence-corrected chi connectivity index (χ2v) is 7.13. The van der Waals surface area contributed by atoms with Crippen molar-refractivity contribution in [1.29, 1.82) is 0 Å². The average molecular weight is 342 g/mol. The van der Waals surface area contributed by atoms with Crippen molar-refractivity contribution in [2.75, 3.05) is 6.54 Å². The number of aliphatic hydroxyl groups excluding tert-OH is 1. The molecule has 0 aromatic carbocycles. The predicted octanol–water partition coefficient (Wildman–Crippen LogP) is 1.77. The molecule has 0 aliphatic heterocycles. The van der Waals surface area contributed by atoms with Gasteiger partial charge in [0.2, 0.25) is 11.8 Å². The Morgan fingerprint density at radius 1 is 1.42 bits per heavy atom. The number of alkyl halides is 2. The molecular formula is C16H24F2N4O2. The molecule has 6 nitrogen and oxygen atoms in total. The first-order valence-corrected chi connectivity index (χ1v) is 8.60. The number of aromatic amines is 1. The van der Waals surface area contributed by atoms with Crippen molar-refractivity contribution in [3.05, 3.63) is 11.6 Å². The second-order valence-electron chi connectivity index (χ2n) is 7.13. The highest BCUT2D eigenvalue weighted by molar-refractivity contribution is 5.76. The minimum Gasteiger partial charge on any atom is -0.393 e. The van der Waals surface area contributed by atoms with E-state index in [9.17, 15) is 18.7 Å². The van der Waals surface area contributed by atoms with Gasteiger partial charge >= 0.3 is 0 Å². The number of nitrogens with one attached hydrogen (secondary N) is 2. The van der Waals surface area contributed by atoms with Crippen molar-refractivity contribution in [2.45, 2.75) is 63.4 Å². The van der Waals surface area contributed by atoms with Crippen LogP contribution < -0.4 is 5.32 Å². The Morgan fingerprint density at radius 2 is 2.17 bits per heavy atom. The minimum atomic E-state index is -2.59. The van der Waals surface area contributed by atoms with Crippen LogP contribution in [-0.2, 0) is 11.2 Å². The van der Waals surface area contributed by atoms with Gasteiger partial charge < -0.3 is 10.4 Å². The molecular weight excluding hydrogens is 318 g/mol. The maximum atomic E-state index is 12.8. The quantitative estimate of drug-likeness (QED) is 0.735. The van der Waals surface area contributed by atoms with Crippen molar-refractivity contribution >= 4 is 5.91 Å². The molecule has 1 heterocycles. The fourth-order valence-electron chi connectivity index (χ4n) is 3.69. The summed E-state index contributed by atoms with van der Waals surface area (Å²) in [5, 5.41) is 20.0. The average Bonchev–Trinajstić information content (AvgIpc) is 3.09. The standard InChI is InChI=1S/C16H24F2N4O2/c1-2-13-20-15(22-21-13)10-4-11(12(23)5-10)8-19-14(24)3-9-6-16(17,18)7-9/h9-12,23H,2-8H2,1H3,(H,19,24)(H,20,21,22)/t10-,11+,12+/m0/s1. The molecule has 0 unspecified atom stereocenters. The molecule has 0 radical (unpaired) electrons.